The Morgan fingerprint density at radius 1 is 1.32 bits per heavy atom. The molecule has 0 spiro atoms. The van der Waals surface area contributed by atoms with Crippen LogP contribution in [0.4, 0.5) is 0 Å². The third-order valence-corrected chi connectivity index (χ3v) is 4.99. The van der Waals surface area contributed by atoms with Gasteiger partial charge in [0.2, 0.25) is 0 Å². The van der Waals surface area contributed by atoms with Crippen LogP contribution in [0.3, 0.4) is 0 Å². The number of hydrogen-bond donors (Lipinski definition) is 2. The third-order valence-electron chi connectivity index (χ3n) is 3.32. The number of nitrogens with one attached hydrogen (secondary N) is 1. The summed E-state index contributed by atoms with van der Waals surface area (Å²) in [5, 5.41) is 14.0. The molecular formula is C16H14ClNO3S. The first-order valence-electron chi connectivity index (χ1n) is 6.83. The topological polar surface area (TPSA) is 62.5 Å². The lowest BCUT2D eigenvalue weighted by molar-refractivity contribution is 0.0940. The van der Waals surface area contributed by atoms with E-state index >= 15 is 0 Å². The van der Waals surface area contributed by atoms with Gasteiger partial charge in [-0.25, -0.2) is 0 Å². The van der Waals surface area contributed by atoms with Gasteiger partial charge >= 0.3 is 0 Å². The molecule has 4 nitrogen and oxygen atoms in total. The van der Waals surface area contributed by atoms with Crippen LogP contribution in [0.15, 0.2) is 47.1 Å². The molecule has 0 aliphatic heterocycles. The van der Waals surface area contributed by atoms with Crippen molar-refractivity contribution >= 4 is 38.9 Å². The first-order chi connectivity index (χ1) is 10.7. The Labute approximate surface area is 136 Å². The summed E-state index contributed by atoms with van der Waals surface area (Å²) in [7, 11) is 0. The lowest BCUT2D eigenvalue weighted by Gasteiger charge is -2.08. The molecule has 114 valence electrons. The summed E-state index contributed by atoms with van der Waals surface area (Å²) in [6.07, 6.45) is 1.16. The van der Waals surface area contributed by atoms with Crippen molar-refractivity contribution in [2.75, 3.05) is 6.54 Å². The van der Waals surface area contributed by atoms with E-state index < -0.39 is 6.10 Å². The minimum absolute atomic E-state index is 0.224. The van der Waals surface area contributed by atoms with Gasteiger partial charge in [-0.1, -0.05) is 29.8 Å². The number of rotatable bonds is 5. The Morgan fingerprint density at radius 2 is 2.14 bits per heavy atom. The second kappa shape index (κ2) is 6.52. The van der Waals surface area contributed by atoms with Crippen LogP contribution in [-0.2, 0) is 0 Å². The van der Waals surface area contributed by atoms with Gasteiger partial charge in [-0.3, -0.25) is 4.79 Å². The maximum Gasteiger partial charge on any atom is 0.262 e. The molecule has 2 heterocycles. The molecule has 3 aromatic rings. The van der Waals surface area contributed by atoms with Gasteiger partial charge in [0.1, 0.15) is 16.7 Å². The highest BCUT2D eigenvalue weighted by molar-refractivity contribution is 7.21. The van der Waals surface area contributed by atoms with Gasteiger partial charge in [0.05, 0.1) is 11.3 Å². The smallest absolute Gasteiger partial charge is 0.262 e. The zero-order valence-corrected chi connectivity index (χ0v) is 13.2. The SMILES string of the molecule is O=C(NCCC(O)c1ccco1)c1sc2ccccc2c1Cl. The van der Waals surface area contributed by atoms with Gasteiger partial charge in [0.25, 0.3) is 5.91 Å². The maximum atomic E-state index is 12.2. The lowest BCUT2D eigenvalue weighted by atomic mass is 10.2. The van der Waals surface area contributed by atoms with Gasteiger partial charge in [-0.15, -0.1) is 11.3 Å². The quantitative estimate of drug-likeness (QED) is 0.740. The lowest BCUT2D eigenvalue weighted by Crippen LogP contribution is -2.25. The van der Waals surface area contributed by atoms with E-state index in [4.69, 9.17) is 16.0 Å². The van der Waals surface area contributed by atoms with Crippen molar-refractivity contribution in [2.45, 2.75) is 12.5 Å². The zero-order chi connectivity index (χ0) is 15.5. The summed E-state index contributed by atoms with van der Waals surface area (Å²) in [6.45, 7) is 0.339. The number of carbonyl (C=O) groups is 1. The summed E-state index contributed by atoms with van der Waals surface area (Å²) in [6, 6.07) is 11.1. The maximum absolute atomic E-state index is 12.2. The molecule has 6 heteroatoms. The number of halogens is 1. The average molecular weight is 336 g/mol. The van der Waals surface area contributed by atoms with Gasteiger partial charge in [0.15, 0.2) is 0 Å². The monoisotopic (exact) mass is 335 g/mol. The highest BCUT2D eigenvalue weighted by Gasteiger charge is 2.17. The van der Waals surface area contributed by atoms with Crippen molar-refractivity contribution in [3.8, 4) is 0 Å². The summed E-state index contributed by atoms with van der Waals surface area (Å²) < 4.78 is 6.09. The standard InChI is InChI=1S/C16H14ClNO3S/c17-14-10-4-1-2-6-13(10)22-15(14)16(20)18-8-7-11(19)12-5-3-9-21-12/h1-6,9,11,19H,7-8H2,(H,18,20). The fourth-order valence-corrected chi connectivity index (χ4v) is 3.62. The molecule has 2 aromatic heterocycles. The number of fused-ring (bicyclic) bond motifs is 1. The minimum Gasteiger partial charge on any atom is -0.467 e. The Hall–Kier alpha value is -1.82. The van der Waals surface area contributed by atoms with Crippen molar-refractivity contribution in [3.63, 3.8) is 0 Å². The number of aliphatic hydroxyl groups excluding tert-OH is 1. The van der Waals surface area contributed by atoms with E-state index in [9.17, 15) is 9.90 Å². The molecule has 1 aromatic carbocycles. The van der Waals surface area contributed by atoms with Crippen LogP contribution in [0.2, 0.25) is 5.02 Å². The average Bonchev–Trinajstić information content (AvgIpc) is 3.16. The van der Waals surface area contributed by atoms with Gasteiger partial charge in [0, 0.05) is 16.6 Å². The van der Waals surface area contributed by atoms with E-state index in [1.54, 1.807) is 12.1 Å². The van der Waals surface area contributed by atoms with Crippen LogP contribution in [0, 0.1) is 0 Å². The molecule has 1 amide bonds. The van der Waals surface area contributed by atoms with Crippen LogP contribution in [0.25, 0.3) is 10.1 Å². The molecule has 2 N–H and O–H groups in total. The fraction of sp³-hybridized carbons (Fsp3) is 0.188. The van der Waals surface area contributed by atoms with Gasteiger partial charge in [-0.05, 0) is 24.6 Å². The van der Waals surface area contributed by atoms with Crippen molar-refractivity contribution in [2.24, 2.45) is 0 Å². The van der Waals surface area contributed by atoms with Crippen molar-refractivity contribution < 1.29 is 14.3 Å². The Balaban J connectivity index is 1.63. The first-order valence-corrected chi connectivity index (χ1v) is 8.03. The number of carbonyl (C=O) groups excluding carboxylic acids is 1. The minimum atomic E-state index is -0.729. The second-order valence-corrected chi connectivity index (χ2v) is 6.25. The highest BCUT2D eigenvalue weighted by atomic mass is 35.5. The van der Waals surface area contributed by atoms with Crippen LogP contribution in [-0.4, -0.2) is 17.6 Å². The van der Waals surface area contributed by atoms with Crippen molar-refractivity contribution in [1.29, 1.82) is 0 Å². The highest BCUT2D eigenvalue weighted by Crippen LogP contribution is 2.34. The van der Waals surface area contributed by atoms with E-state index in [0.717, 1.165) is 10.1 Å². The molecule has 3 rings (SSSR count). The van der Waals surface area contributed by atoms with Crippen molar-refractivity contribution in [3.05, 3.63) is 58.3 Å². The van der Waals surface area contributed by atoms with E-state index in [2.05, 4.69) is 5.32 Å². The summed E-state index contributed by atoms with van der Waals surface area (Å²) in [5.74, 6) is 0.270. The molecule has 22 heavy (non-hydrogen) atoms. The summed E-state index contributed by atoms with van der Waals surface area (Å²) in [4.78, 5) is 12.7. The van der Waals surface area contributed by atoms with Crippen molar-refractivity contribution in [1.82, 2.24) is 5.32 Å². The number of aliphatic hydroxyl groups is 1. The van der Waals surface area contributed by atoms with E-state index in [1.807, 2.05) is 24.3 Å². The predicted octanol–water partition coefficient (Wildman–Crippen LogP) is 4.00. The number of thiophene rings is 1. The Kier molecular flexibility index (Phi) is 4.47. The van der Waals surface area contributed by atoms with Crippen LogP contribution < -0.4 is 5.32 Å². The van der Waals surface area contributed by atoms with E-state index in [1.165, 1.54) is 17.6 Å². The molecule has 1 atom stereocenters. The van der Waals surface area contributed by atoms with E-state index in [-0.39, 0.29) is 5.91 Å². The Bertz CT molecular complexity index is 782. The Morgan fingerprint density at radius 3 is 2.86 bits per heavy atom. The largest absolute Gasteiger partial charge is 0.467 e. The first kappa shape index (κ1) is 15.1. The molecule has 0 radical (unpaired) electrons. The number of hydrogen-bond acceptors (Lipinski definition) is 4. The predicted molar refractivity (Wildman–Crippen MR) is 87.5 cm³/mol. The molecule has 0 aliphatic rings. The van der Waals surface area contributed by atoms with Gasteiger partial charge in [-0.2, -0.15) is 0 Å². The molecule has 0 saturated heterocycles. The molecule has 0 aliphatic carbocycles. The van der Waals surface area contributed by atoms with Crippen LogP contribution in [0.5, 0.6) is 0 Å². The van der Waals surface area contributed by atoms with Gasteiger partial charge < -0.3 is 14.8 Å². The number of amides is 1. The zero-order valence-electron chi connectivity index (χ0n) is 11.6. The molecule has 1 unspecified atom stereocenters. The molecule has 0 fully saturated rings. The summed E-state index contributed by atoms with van der Waals surface area (Å²) in [5.41, 5.74) is 0. The molecular weight excluding hydrogens is 322 g/mol. The number of benzene rings is 1. The van der Waals surface area contributed by atoms with Crippen LogP contribution in [0.1, 0.15) is 28.0 Å². The molecule has 0 bridgehead atoms. The fourth-order valence-electron chi connectivity index (χ4n) is 2.19. The normalized spacial score (nSPS) is 12.5. The van der Waals surface area contributed by atoms with Crippen LogP contribution >= 0.6 is 22.9 Å². The number of furan rings is 1. The third kappa shape index (κ3) is 3.02. The van der Waals surface area contributed by atoms with E-state index in [0.29, 0.717) is 28.6 Å². The summed E-state index contributed by atoms with van der Waals surface area (Å²) >= 11 is 7.62. The second-order valence-electron chi connectivity index (χ2n) is 4.82. The molecule has 0 saturated carbocycles.